The first-order valence-electron chi connectivity index (χ1n) is 14.5. The van der Waals surface area contributed by atoms with Gasteiger partial charge in [0.25, 0.3) is 5.91 Å². The van der Waals surface area contributed by atoms with Crippen molar-refractivity contribution in [3.8, 4) is 0 Å². The molecule has 3 aliphatic rings. The molecule has 2 heterocycles. The van der Waals surface area contributed by atoms with Crippen LogP contribution in [0.4, 0.5) is 10.5 Å². The molecule has 0 aromatic carbocycles. The Hall–Kier alpha value is -2.88. The van der Waals surface area contributed by atoms with Crippen LogP contribution in [0.5, 0.6) is 0 Å². The number of nitrogens with one attached hydrogen (secondary N) is 1. The number of amides is 2. The molecule has 4 rings (SSSR count). The van der Waals surface area contributed by atoms with Gasteiger partial charge in [0.05, 0.1) is 30.9 Å². The summed E-state index contributed by atoms with van der Waals surface area (Å²) in [5.41, 5.74) is 1.58. The van der Waals surface area contributed by atoms with E-state index in [0.717, 1.165) is 36.9 Å². The Morgan fingerprint density at radius 3 is 2.40 bits per heavy atom. The van der Waals surface area contributed by atoms with Crippen molar-refractivity contribution >= 4 is 23.7 Å². The number of carbonyl (C=O) groups is 3. The zero-order valence-corrected chi connectivity index (χ0v) is 25.1. The molecule has 1 N–H and O–H groups in total. The van der Waals surface area contributed by atoms with Gasteiger partial charge in [-0.25, -0.2) is 9.78 Å². The Morgan fingerprint density at radius 1 is 1.12 bits per heavy atom. The predicted octanol–water partition coefficient (Wildman–Crippen LogP) is 4.45. The standard InChI is InChI=1S/C30H46N4O6/c1-18(2)15-34(23-10-21(28(36)39-7)16-33(17-23)29(37)40-30(3,4)5)27(35)26-25(32-22-12-24(13-22)38-6)11-20(14-31-26)19-8-9-19/h11,14,18-19,21-24,32H,8-10,12-13,15-17H2,1-7H3. The molecule has 40 heavy (non-hydrogen) atoms. The van der Waals surface area contributed by atoms with Gasteiger partial charge in [-0.2, -0.15) is 0 Å². The number of esters is 1. The molecule has 1 aromatic rings. The number of piperidine rings is 1. The summed E-state index contributed by atoms with van der Waals surface area (Å²) in [4.78, 5) is 48.1. The van der Waals surface area contributed by atoms with Gasteiger partial charge in [-0.3, -0.25) is 9.59 Å². The molecule has 0 radical (unpaired) electrons. The summed E-state index contributed by atoms with van der Waals surface area (Å²) in [5.74, 6) is -0.516. The number of hydrogen-bond donors (Lipinski definition) is 1. The number of hydrogen-bond acceptors (Lipinski definition) is 8. The maximum absolute atomic E-state index is 14.3. The number of pyridine rings is 1. The van der Waals surface area contributed by atoms with Crippen LogP contribution in [-0.2, 0) is 19.0 Å². The van der Waals surface area contributed by atoms with E-state index in [-0.39, 0.29) is 37.1 Å². The molecule has 2 saturated carbocycles. The molecule has 2 atom stereocenters. The monoisotopic (exact) mass is 558 g/mol. The van der Waals surface area contributed by atoms with Gasteiger partial charge in [-0.05, 0) is 76.3 Å². The van der Waals surface area contributed by atoms with E-state index in [1.54, 1.807) is 32.8 Å². The van der Waals surface area contributed by atoms with Crippen LogP contribution in [-0.4, -0.2) is 90.4 Å². The second-order valence-electron chi connectivity index (χ2n) is 13.0. The molecule has 2 amide bonds. The number of aromatic nitrogens is 1. The van der Waals surface area contributed by atoms with Crippen LogP contribution in [0.15, 0.2) is 12.3 Å². The largest absolute Gasteiger partial charge is 0.469 e. The highest BCUT2D eigenvalue weighted by atomic mass is 16.6. The van der Waals surface area contributed by atoms with Gasteiger partial charge < -0.3 is 29.3 Å². The van der Waals surface area contributed by atoms with E-state index in [2.05, 4.69) is 25.2 Å². The van der Waals surface area contributed by atoms with Gasteiger partial charge in [-0.1, -0.05) is 13.8 Å². The molecule has 1 aromatic heterocycles. The SMILES string of the molecule is COC(=O)C1CC(N(CC(C)C)C(=O)c2ncc(C3CC3)cc2NC2CC(OC)C2)CN(C(=O)OC(C)(C)C)C1. The maximum Gasteiger partial charge on any atom is 0.410 e. The highest BCUT2D eigenvalue weighted by molar-refractivity contribution is 5.98. The van der Waals surface area contributed by atoms with Crippen molar-refractivity contribution < 1.29 is 28.6 Å². The molecule has 2 aliphatic carbocycles. The van der Waals surface area contributed by atoms with Gasteiger partial charge in [0.1, 0.15) is 5.60 Å². The molecule has 10 heteroatoms. The normalized spacial score (nSPS) is 24.8. The highest BCUT2D eigenvalue weighted by Gasteiger charge is 2.41. The molecule has 222 valence electrons. The van der Waals surface area contributed by atoms with Crippen molar-refractivity contribution in [3.63, 3.8) is 0 Å². The van der Waals surface area contributed by atoms with Gasteiger partial charge in [0.15, 0.2) is 5.69 Å². The van der Waals surface area contributed by atoms with Crippen LogP contribution in [0, 0.1) is 11.8 Å². The summed E-state index contributed by atoms with van der Waals surface area (Å²) >= 11 is 0. The predicted molar refractivity (Wildman–Crippen MR) is 151 cm³/mol. The number of rotatable bonds is 9. The quantitative estimate of drug-likeness (QED) is 0.443. The smallest absolute Gasteiger partial charge is 0.410 e. The van der Waals surface area contributed by atoms with E-state index in [4.69, 9.17) is 19.2 Å². The van der Waals surface area contributed by atoms with Crippen LogP contribution >= 0.6 is 0 Å². The molecular formula is C30H46N4O6. The number of ether oxygens (including phenoxy) is 3. The van der Waals surface area contributed by atoms with Crippen LogP contribution < -0.4 is 5.32 Å². The van der Waals surface area contributed by atoms with E-state index in [1.165, 1.54) is 12.0 Å². The molecule has 2 unspecified atom stereocenters. The third kappa shape index (κ3) is 7.44. The Bertz CT molecular complexity index is 1080. The van der Waals surface area contributed by atoms with E-state index in [1.807, 2.05) is 6.20 Å². The molecule has 3 fully saturated rings. The topological polar surface area (TPSA) is 110 Å². The minimum atomic E-state index is -0.685. The molecule has 10 nitrogen and oxygen atoms in total. The van der Waals surface area contributed by atoms with Gasteiger partial charge in [-0.15, -0.1) is 0 Å². The van der Waals surface area contributed by atoms with Crippen molar-refractivity contribution in [1.82, 2.24) is 14.8 Å². The molecule has 0 spiro atoms. The second kappa shape index (κ2) is 12.3. The number of likely N-dealkylation sites (tertiary alicyclic amines) is 1. The van der Waals surface area contributed by atoms with Gasteiger partial charge in [0.2, 0.25) is 0 Å². The van der Waals surface area contributed by atoms with Crippen molar-refractivity contribution in [3.05, 3.63) is 23.5 Å². The Labute approximate surface area is 238 Å². The number of nitrogens with zero attached hydrogens (tertiary/aromatic N) is 3. The van der Waals surface area contributed by atoms with E-state index < -0.39 is 29.6 Å². The molecule has 0 bridgehead atoms. The maximum atomic E-state index is 14.3. The lowest BCUT2D eigenvalue weighted by atomic mass is 9.89. The van der Waals surface area contributed by atoms with Gasteiger partial charge >= 0.3 is 12.1 Å². The lowest BCUT2D eigenvalue weighted by molar-refractivity contribution is -0.148. The van der Waals surface area contributed by atoms with Crippen LogP contribution in [0.25, 0.3) is 0 Å². The molecule has 1 saturated heterocycles. The van der Waals surface area contributed by atoms with Crippen molar-refractivity contribution in [2.75, 3.05) is 39.2 Å². The first-order valence-corrected chi connectivity index (χ1v) is 14.5. The van der Waals surface area contributed by atoms with E-state index >= 15 is 0 Å². The first kappa shape index (κ1) is 30.1. The second-order valence-corrected chi connectivity index (χ2v) is 13.0. The Morgan fingerprint density at radius 2 is 1.82 bits per heavy atom. The minimum Gasteiger partial charge on any atom is -0.469 e. The average Bonchev–Trinajstić information content (AvgIpc) is 3.72. The average molecular weight is 559 g/mol. The first-order chi connectivity index (χ1) is 18.9. The highest BCUT2D eigenvalue weighted by Crippen LogP contribution is 2.41. The summed E-state index contributed by atoms with van der Waals surface area (Å²) in [6, 6.07) is 1.89. The van der Waals surface area contributed by atoms with Crippen LogP contribution in [0.2, 0.25) is 0 Å². The molecular weight excluding hydrogens is 512 g/mol. The molecule has 1 aliphatic heterocycles. The van der Waals surface area contributed by atoms with Crippen LogP contribution in [0.1, 0.15) is 88.7 Å². The van der Waals surface area contributed by atoms with E-state index in [0.29, 0.717) is 24.6 Å². The fourth-order valence-electron chi connectivity index (χ4n) is 5.54. The van der Waals surface area contributed by atoms with Gasteiger partial charge in [0, 0.05) is 39.0 Å². The summed E-state index contributed by atoms with van der Waals surface area (Å²) < 4.78 is 16.1. The number of anilines is 1. The fourth-order valence-corrected chi connectivity index (χ4v) is 5.54. The summed E-state index contributed by atoms with van der Waals surface area (Å²) in [6.45, 7) is 10.4. The van der Waals surface area contributed by atoms with Crippen LogP contribution in [0.3, 0.4) is 0 Å². The zero-order chi connectivity index (χ0) is 29.2. The van der Waals surface area contributed by atoms with Crippen molar-refractivity contribution in [2.24, 2.45) is 11.8 Å². The Kier molecular flexibility index (Phi) is 9.27. The summed E-state index contributed by atoms with van der Waals surface area (Å²) in [7, 11) is 3.07. The third-order valence-corrected chi connectivity index (χ3v) is 7.83. The van der Waals surface area contributed by atoms with Crippen molar-refractivity contribution in [1.29, 1.82) is 0 Å². The summed E-state index contributed by atoms with van der Waals surface area (Å²) in [6.07, 6.45) is 5.98. The Balaban J connectivity index is 1.63. The van der Waals surface area contributed by atoms with Crippen molar-refractivity contribution in [2.45, 2.75) is 96.4 Å². The lowest BCUT2D eigenvalue weighted by Crippen LogP contribution is -2.57. The minimum absolute atomic E-state index is 0.161. The van der Waals surface area contributed by atoms with E-state index in [9.17, 15) is 14.4 Å². The zero-order valence-electron chi connectivity index (χ0n) is 25.1. The summed E-state index contributed by atoms with van der Waals surface area (Å²) in [5, 5.41) is 3.57. The lowest BCUT2D eigenvalue weighted by Gasteiger charge is -2.42. The number of carbonyl (C=O) groups excluding carboxylic acids is 3. The number of methoxy groups -OCH3 is 2. The third-order valence-electron chi connectivity index (χ3n) is 7.83. The fraction of sp³-hybridized carbons (Fsp3) is 0.733.